The highest BCUT2D eigenvalue weighted by molar-refractivity contribution is 9.10. The quantitative estimate of drug-likeness (QED) is 0.870. The van der Waals surface area contributed by atoms with Crippen LogP contribution in [0.1, 0.15) is 0 Å². The van der Waals surface area contributed by atoms with Gasteiger partial charge in [-0.2, -0.15) is 0 Å². The molecule has 17 heavy (non-hydrogen) atoms. The normalized spacial score (nSPS) is 10.2. The van der Waals surface area contributed by atoms with Crippen LogP contribution < -0.4 is 5.32 Å². The zero-order chi connectivity index (χ0) is 12.3. The summed E-state index contributed by atoms with van der Waals surface area (Å²) in [6.45, 7) is 0. The highest BCUT2D eigenvalue weighted by atomic mass is 79.9. The predicted molar refractivity (Wildman–Crippen MR) is 74.6 cm³/mol. The maximum Gasteiger partial charge on any atom is 0.241 e. The molecule has 1 heterocycles. The topological polar surface area (TPSA) is 42.0 Å². The lowest BCUT2D eigenvalue weighted by molar-refractivity contribution is -0.113. The minimum absolute atomic E-state index is 0.0623. The van der Waals surface area contributed by atoms with Crippen LogP contribution in [-0.2, 0) is 4.79 Å². The van der Waals surface area contributed by atoms with Gasteiger partial charge >= 0.3 is 0 Å². The van der Waals surface area contributed by atoms with Gasteiger partial charge < -0.3 is 5.32 Å². The second-order valence-electron chi connectivity index (χ2n) is 3.23. The average Bonchev–Trinajstić information content (AvgIpc) is 2.78. The lowest BCUT2D eigenvalue weighted by atomic mass is 10.2. The van der Waals surface area contributed by atoms with Crippen molar-refractivity contribution in [2.75, 3.05) is 11.2 Å². The van der Waals surface area contributed by atoms with Gasteiger partial charge in [-0.25, -0.2) is 4.98 Å². The lowest BCUT2D eigenvalue weighted by Gasteiger charge is -1.97. The Kier molecular flexibility index (Phi) is 4.15. The Labute approximate surface area is 116 Å². The van der Waals surface area contributed by atoms with Gasteiger partial charge in [0.15, 0.2) is 5.13 Å². The third-order valence-electron chi connectivity index (χ3n) is 2.01. The number of aromatic nitrogens is 1. The van der Waals surface area contributed by atoms with Crippen LogP contribution in [0.3, 0.4) is 0 Å². The maximum atomic E-state index is 11.1. The molecule has 0 aliphatic heterocycles. The molecule has 1 aromatic heterocycles. The number of hydrogen-bond donors (Lipinski definition) is 1. The number of rotatable bonds is 3. The van der Waals surface area contributed by atoms with Crippen molar-refractivity contribution in [1.82, 2.24) is 4.98 Å². The number of alkyl halides is 1. The molecule has 2 rings (SSSR count). The van der Waals surface area contributed by atoms with E-state index in [0.29, 0.717) is 5.13 Å². The molecule has 0 saturated heterocycles. The number of amides is 1. The Bertz CT molecular complexity index is 527. The first-order valence-electron chi connectivity index (χ1n) is 4.76. The first-order valence-corrected chi connectivity index (χ1v) is 6.97. The number of nitrogens with zero attached hydrogens (tertiary/aromatic N) is 1. The first kappa shape index (κ1) is 12.5. The fraction of sp³-hybridized carbons (Fsp3) is 0.0909. The Hall–Kier alpha value is -0.910. The van der Waals surface area contributed by atoms with Crippen molar-refractivity contribution in [3.8, 4) is 11.3 Å². The van der Waals surface area contributed by atoms with Gasteiger partial charge in [0.1, 0.15) is 5.88 Å². The Morgan fingerprint density at radius 2 is 2.12 bits per heavy atom. The molecule has 88 valence electrons. The van der Waals surface area contributed by atoms with E-state index in [-0.39, 0.29) is 11.8 Å². The number of anilines is 1. The van der Waals surface area contributed by atoms with E-state index in [1.165, 1.54) is 11.3 Å². The Morgan fingerprint density at radius 1 is 1.41 bits per heavy atom. The van der Waals surface area contributed by atoms with Crippen LogP contribution in [0.25, 0.3) is 11.3 Å². The van der Waals surface area contributed by atoms with Gasteiger partial charge in [0.25, 0.3) is 0 Å². The number of benzene rings is 1. The summed E-state index contributed by atoms with van der Waals surface area (Å²) in [5, 5.41) is 5.08. The summed E-state index contributed by atoms with van der Waals surface area (Å²) in [4.78, 5) is 15.4. The van der Waals surface area contributed by atoms with Gasteiger partial charge in [-0.05, 0) is 12.1 Å². The van der Waals surface area contributed by atoms with Gasteiger partial charge in [-0.15, -0.1) is 22.9 Å². The van der Waals surface area contributed by atoms with Crippen molar-refractivity contribution in [2.45, 2.75) is 0 Å². The summed E-state index contributed by atoms with van der Waals surface area (Å²) in [6.07, 6.45) is 0. The molecule has 2 aromatic rings. The smallest absolute Gasteiger partial charge is 0.241 e. The molecular weight excluding hydrogens is 324 g/mol. The fourth-order valence-electron chi connectivity index (χ4n) is 1.24. The van der Waals surface area contributed by atoms with E-state index in [9.17, 15) is 4.79 Å². The molecule has 1 aromatic carbocycles. The van der Waals surface area contributed by atoms with E-state index in [2.05, 4.69) is 26.2 Å². The molecule has 0 aliphatic rings. The van der Waals surface area contributed by atoms with Crippen LogP contribution in [-0.4, -0.2) is 16.8 Å². The number of hydrogen-bond acceptors (Lipinski definition) is 3. The number of halogens is 2. The molecular formula is C11H8BrClN2OS. The summed E-state index contributed by atoms with van der Waals surface area (Å²) in [7, 11) is 0. The highest BCUT2D eigenvalue weighted by Crippen LogP contribution is 2.25. The Balaban J connectivity index is 2.18. The highest BCUT2D eigenvalue weighted by Gasteiger charge is 2.06. The van der Waals surface area contributed by atoms with Crippen molar-refractivity contribution < 1.29 is 4.79 Å². The third kappa shape index (κ3) is 3.28. The molecule has 0 saturated carbocycles. The molecule has 0 radical (unpaired) electrons. The average molecular weight is 332 g/mol. The van der Waals surface area contributed by atoms with E-state index in [1.807, 2.05) is 29.6 Å². The van der Waals surface area contributed by atoms with Crippen LogP contribution in [0.4, 0.5) is 5.13 Å². The fourth-order valence-corrected chi connectivity index (χ4v) is 2.30. The van der Waals surface area contributed by atoms with Crippen LogP contribution >= 0.6 is 38.9 Å². The van der Waals surface area contributed by atoms with Crippen LogP contribution in [0.2, 0.25) is 0 Å². The van der Waals surface area contributed by atoms with E-state index >= 15 is 0 Å². The zero-order valence-corrected chi connectivity index (χ0v) is 11.8. The van der Waals surface area contributed by atoms with Crippen molar-refractivity contribution in [3.63, 3.8) is 0 Å². The molecule has 0 fully saturated rings. The van der Waals surface area contributed by atoms with Gasteiger partial charge in [0.2, 0.25) is 5.91 Å². The molecule has 6 heteroatoms. The summed E-state index contributed by atoms with van der Waals surface area (Å²) < 4.78 is 1.02. The maximum absolute atomic E-state index is 11.1. The zero-order valence-electron chi connectivity index (χ0n) is 8.61. The molecule has 3 nitrogen and oxygen atoms in total. The van der Waals surface area contributed by atoms with Crippen molar-refractivity contribution in [1.29, 1.82) is 0 Å². The minimum Gasteiger partial charge on any atom is -0.301 e. The molecule has 0 atom stereocenters. The SMILES string of the molecule is O=C(CCl)Nc1nc(-c2ccc(Br)cc2)cs1. The molecule has 0 bridgehead atoms. The summed E-state index contributed by atoms with van der Waals surface area (Å²) in [5.74, 6) is -0.309. The second-order valence-corrected chi connectivity index (χ2v) is 5.27. The standard InChI is InChI=1S/C11H8BrClN2OS/c12-8-3-1-7(2-4-8)9-6-17-11(14-9)15-10(16)5-13/h1-4,6H,5H2,(H,14,15,16). The summed E-state index contributed by atoms with van der Waals surface area (Å²) >= 11 is 10.2. The lowest BCUT2D eigenvalue weighted by Crippen LogP contribution is -2.12. The van der Waals surface area contributed by atoms with Gasteiger partial charge in [0.05, 0.1) is 5.69 Å². The summed E-state index contributed by atoms with van der Waals surface area (Å²) in [5.41, 5.74) is 1.85. The van der Waals surface area contributed by atoms with E-state index in [0.717, 1.165) is 15.7 Å². The molecule has 0 aliphatic carbocycles. The van der Waals surface area contributed by atoms with Gasteiger partial charge in [-0.1, -0.05) is 28.1 Å². The number of carbonyl (C=O) groups is 1. The Morgan fingerprint density at radius 3 is 2.76 bits per heavy atom. The first-order chi connectivity index (χ1) is 8.19. The van der Waals surface area contributed by atoms with Crippen LogP contribution in [0.15, 0.2) is 34.1 Å². The van der Waals surface area contributed by atoms with Crippen LogP contribution in [0, 0.1) is 0 Å². The van der Waals surface area contributed by atoms with E-state index < -0.39 is 0 Å². The number of carbonyl (C=O) groups excluding carboxylic acids is 1. The molecule has 1 N–H and O–H groups in total. The molecule has 1 amide bonds. The van der Waals surface area contributed by atoms with Crippen molar-refractivity contribution in [2.24, 2.45) is 0 Å². The monoisotopic (exact) mass is 330 g/mol. The second kappa shape index (κ2) is 5.62. The van der Waals surface area contributed by atoms with E-state index in [4.69, 9.17) is 11.6 Å². The number of nitrogens with one attached hydrogen (secondary N) is 1. The third-order valence-corrected chi connectivity index (χ3v) is 3.54. The number of thiazole rings is 1. The van der Waals surface area contributed by atoms with Gasteiger partial charge in [0, 0.05) is 15.4 Å². The van der Waals surface area contributed by atoms with Gasteiger partial charge in [-0.3, -0.25) is 4.79 Å². The largest absolute Gasteiger partial charge is 0.301 e. The predicted octanol–water partition coefficient (Wildman–Crippen LogP) is 3.75. The van der Waals surface area contributed by atoms with E-state index in [1.54, 1.807) is 0 Å². The molecule has 0 spiro atoms. The van der Waals surface area contributed by atoms with Crippen molar-refractivity contribution >= 4 is 49.9 Å². The van der Waals surface area contributed by atoms with Crippen LogP contribution in [0.5, 0.6) is 0 Å². The summed E-state index contributed by atoms with van der Waals surface area (Å²) in [6, 6.07) is 7.83. The van der Waals surface area contributed by atoms with Crippen molar-refractivity contribution in [3.05, 3.63) is 34.1 Å². The molecule has 0 unspecified atom stereocenters. The minimum atomic E-state index is -0.247.